The fourth-order valence-corrected chi connectivity index (χ4v) is 4.69. The summed E-state index contributed by atoms with van der Waals surface area (Å²) < 4.78 is 0. The van der Waals surface area contributed by atoms with Gasteiger partial charge >= 0.3 is 0 Å². The van der Waals surface area contributed by atoms with E-state index in [0.29, 0.717) is 12.0 Å². The highest BCUT2D eigenvalue weighted by atomic mass is 16.3. The van der Waals surface area contributed by atoms with Gasteiger partial charge in [-0.1, -0.05) is 0 Å². The van der Waals surface area contributed by atoms with Crippen molar-refractivity contribution in [2.75, 3.05) is 17.2 Å². The molecule has 0 spiro atoms. The number of aryl methyl sites for hydroxylation is 1. The molecule has 3 N–H and O–H groups in total. The lowest BCUT2D eigenvalue weighted by Crippen LogP contribution is -2.41. The summed E-state index contributed by atoms with van der Waals surface area (Å²) >= 11 is 0. The first-order chi connectivity index (χ1) is 8.65. The van der Waals surface area contributed by atoms with E-state index in [9.17, 15) is 5.11 Å². The van der Waals surface area contributed by atoms with E-state index in [4.69, 9.17) is 5.73 Å². The van der Waals surface area contributed by atoms with Crippen molar-refractivity contribution < 1.29 is 5.11 Å². The van der Waals surface area contributed by atoms with Gasteiger partial charge in [-0.2, -0.15) is 0 Å². The van der Waals surface area contributed by atoms with Crippen LogP contribution in [0.5, 0.6) is 0 Å². The molecule has 0 aromatic heterocycles. The van der Waals surface area contributed by atoms with Crippen LogP contribution < -0.4 is 10.6 Å². The van der Waals surface area contributed by atoms with E-state index in [2.05, 4.69) is 17.9 Å². The molecule has 1 aromatic rings. The number of aliphatic hydroxyl groups excluding tert-OH is 1. The Morgan fingerprint density at radius 1 is 1.28 bits per heavy atom. The number of anilines is 2. The second-order valence-electron chi connectivity index (χ2n) is 6.33. The molecule has 96 valence electrons. The third-order valence-electron chi connectivity index (χ3n) is 5.38. The van der Waals surface area contributed by atoms with E-state index in [0.717, 1.165) is 24.1 Å². The number of aliphatic hydroxyl groups is 1. The Kier molecular flexibility index (Phi) is 2.03. The molecule has 4 rings (SSSR count). The molecule has 3 heteroatoms. The molecular formula is C15H20N2O. The molecule has 3 fully saturated rings. The van der Waals surface area contributed by atoms with Gasteiger partial charge < -0.3 is 15.7 Å². The van der Waals surface area contributed by atoms with Gasteiger partial charge in [-0.15, -0.1) is 0 Å². The zero-order valence-corrected chi connectivity index (χ0v) is 10.7. The van der Waals surface area contributed by atoms with Crippen molar-refractivity contribution in [1.82, 2.24) is 0 Å². The first-order valence-electron chi connectivity index (χ1n) is 6.96. The van der Waals surface area contributed by atoms with Crippen LogP contribution >= 0.6 is 0 Å². The molecule has 5 unspecified atom stereocenters. The predicted molar refractivity (Wildman–Crippen MR) is 72.4 cm³/mol. The Morgan fingerprint density at radius 2 is 2.11 bits per heavy atom. The van der Waals surface area contributed by atoms with E-state index < -0.39 is 0 Å². The number of benzene rings is 1. The van der Waals surface area contributed by atoms with Crippen molar-refractivity contribution in [1.29, 1.82) is 0 Å². The number of fused-ring (bicyclic) bond motifs is 1. The molecule has 18 heavy (non-hydrogen) atoms. The molecule has 1 saturated heterocycles. The number of hydrogen-bond donors (Lipinski definition) is 2. The summed E-state index contributed by atoms with van der Waals surface area (Å²) in [5, 5.41) is 10.4. The largest absolute Gasteiger partial charge is 0.399 e. The average Bonchev–Trinajstić information content (AvgIpc) is 2.90. The molecule has 1 heterocycles. The van der Waals surface area contributed by atoms with Crippen LogP contribution in [0.2, 0.25) is 0 Å². The lowest BCUT2D eigenvalue weighted by Gasteiger charge is -2.31. The van der Waals surface area contributed by atoms with Gasteiger partial charge in [0.1, 0.15) is 0 Å². The summed E-state index contributed by atoms with van der Waals surface area (Å²) in [7, 11) is 0. The van der Waals surface area contributed by atoms with Crippen molar-refractivity contribution >= 4 is 11.4 Å². The van der Waals surface area contributed by atoms with E-state index in [1.54, 1.807) is 0 Å². The van der Waals surface area contributed by atoms with E-state index >= 15 is 0 Å². The standard InChI is InChI=1S/C15H20N2O/c1-8-4-11(16)2-3-13(8)17-7-10-5-9-6-12(10)14(17)15(9)18/h2-4,9-10,12,14-15,18H,5-7,16H2,1H3. The van der Waals surface area contributed by atoms with Gasteiger partial charge in [0.2, 0.25) is 0 Å². The van der Waals surface area contributed by atoms with Gasteiger partial charge in [0.05, 0.1) is 12.1 Å². The van der Waals surface area contributed by atoms with Crippen LogP contribution in [0.4, 0.5) is 11.4 Å². The summed E-state index contributed by atoms with van der Waals surface area (Å²) in [5.41, 5.74) is 9.15. The first-order valence-corrected chi connectivity index (χ1v) is 6.96. The highest BCUT2D eigenvalue weighted by Gasteiger charge is 2.58. The molecular weight excluding hydrogens is 224 g/mol. The lowest BCUT2D eigenvalue weighted by atomic mass is 9.88. The normalized spacial score (nSPS) is 40.8. The first kappa shape index (κ1) is 10.7. The van der Waals surface area contributed by atoms with E-state index in [1.807, 2.05) is 12.1 Å². The van der Waals surface area contributed by atoms with Crippen molar-refractivity contribution in [3.8, 4) is 0 Å². The van der Waals surface area contributed by atoms with Crippen molar-refractivity contribution in [2.45, 2.75) is 31.9 Å². The Hall–Kier alpha value is -1.22. The van der Waals surface area contributed by atoms with Gasteiger partial charge in [0.15, 0.2) is 0 Å². The van der Waals surface area contributed by atoms with Crippen molar-refractivity contribution in [3.63, 3.8) is 0 Å². The third kappa shape index (κ3) is 1.23. The molecule has 1 aliphatic heterocycles. The second-order valence-corrected chi connectivity index (χ2v) is 6.33. The maximum Gasteiger partial charge on any atom is 0.0774 e. The average molecular weight is 244 g/mol. The summed E-state index contributed by atoms with van der Waals surface area (Å²) in [4.78, 5) is 2.45. The second kappa shape index (κ2) is 3.41. The minimum atomic E-state index is -0.120. The van der Waals surface area contributed by atoms with Crippen LogP contribution in [0.3, 0.4) is 0 Å². The van der Waals surface area contributed by atoms with Gasteiger partial charge in [-0.05, 0) is 61.3 Å². The van der Waals surface area contributed by atoms with Gasteiger partial charge in [-0.25, -0.2) is 0 Å². The number of rotatable bonds is 1. The highest BCUT2D eigenvalue weighted by Crippen LogP contribution is 2.56. The Balaban J connectivity index is 1.74. The van der Waals surface area contributed by atoms with Gasteiger partial charge in [-0.3, -0.25) is 0 Å². The maximum absolute atomic E-state index is 10.4. The Bertz CT molecular complexity index is 499. The SMILES string of the molecule is Cc1cc(N)ccc1N1CC2CC3CC2C1C3O. The van der Waals surface area contributed by atoms with Crippen LogP contribution in [0.25, 0.3) is 0 Å². The molecule has 0 amide bonds. The quantitative estimate of drug-likeness (QED) is 0.740. The number of nitrogens with zero attached hydrogens (tertiary/aromatic N) is 1. The smallest absolute Gasteiger partial charge is 0.0774 e. The summed E-state index contributed by atoms with van der Waals surface area (Å²) in [6.07, 6.45) is 2.35. The van der Waals surface area contributed by atoms with E-state index in [1.165, 1.54) is 24.1 Å². The molecule has 2 saturated carbocycles. The zero-order valence-electron chi connectivity index (χ0n) is 10.7. The van der Waals surface area contributed by atoms with Crippen LogP contribution in [-0.2, 0) is 0 Å². The molecule has 0 radical (unpaired) electrons. The van der Waals surface area contributed by atoms with Crippen LogP contribution in [-0.4, -0.2) is 23.8 Å². The van der Waals surface area contributed by atoms with Crippen LogP contribution in [0.1, 0.15) is 18.4 Å². The van der Waals surface area contributed by atoms with Crippen molar-refractivity contribution in [3.05, 3.63) is 23.8 Å². The van der Waals surface area contributed by atoms with Gasteiger partial charge in [0, 0.05) is 17.9 Å². The van der Waals surface area contributed by atoms with Crippen molar-refractivity contribution in [2.24, 2.45) is 17.8 Å². The zero-order chi connectivity index (χ0) is 12.4. The van der Waals surface area contributed by atoms with Gasteiger partial charge in [0.25, 0.3) is 0 Å². The molecule has 3 aliphatic rings. The molecule has 5 atom stereocenters. The third-order valence-corrected chi connectivity index (χ3v) is 5.38. The summed E-state index contributed by atoms with van der Waals surface area (Å²) in [6.45, 7) is 3.23. The molecule has 2 bridgehead atoms. The fourth-order valence-electron chi connectivity index (χ4n) is 4.69. The minimum absolute atomic E-state index is 0.120. The number of hydrogen-bond acceptors (Lipinski definition) is 3. The molecule has 3 nitrogen and oxygen atoms in total. The number of nitrogens with two attached hydrogens (primary N) is 1. The Labute approximate surface area is 108 Å². The molecule has 2 aliphatic carbocycles. The maximum atomic E-state index is 10.4. The summed E-state index contributed by atoms with van der Waals surface area (Å²) in [6, 6.07) is 6.49. The topological polar surface area (TPSA) is 49.5 Å². The summed E-state index contributed by atoms with van der Waals surface area (Å²) in [5.74, 6) is 2.09. The van der Waals surface area contributed by atoms with Crippen LogP contribution in [0.15, 0.2) is 18.2 Å². The fraction of sp³-hybridized carbons (Fsp3) is 0.600. The minimum Gasteiger partial charge on any atom is -0.399 e. The highest BCUT2D eigenvalue weighted by molar-refractivity contribution is 5.61. The lowest BCUT2D eigenvalue weighted by molar-refractivity contribution is 0.0966. The van der Waals surface area contributed by atoms with Crippen LogP contribution in [0, 0.1) is 24.7 Å². The number of nitrogen functional groups attached to an aromatic ring is 1. The monoisotopic (exact) mass is 244 g/mol. The van der Waals surface area contributed by atoms with E-state index in [-0.39, 0.29) is 6.10 Å². The predicted octanol–water partition coefficient (Wildman–Crippen LogP) is 1.78. The molecule has 1 aromatic carbocycles. The Morgan fingerprint density at radius 3 is 2.83 bits per heavy atom.